The van der Waals surface area contributed by atoms with Gasteiger partial charge in [0, 0.05) is 5.69 Å². The first kappa shape index (κ1) is 15.8. The molecule has 0 fully saturated rings. The van der Waals surface area contributed by atoms with Crippen molar-refractivity contribution in [2.24, 2.45) is 0 Å². The zero-order valence-corrected chi connectivity index (χ0v) is 14.6. The molecular formula is C23H23NO. The van der Waals surface area contributed by atoms with Gasteiger partial charge in [0.1, 0.15) is 5.75 Å². The molecule has 4 bridgehead atoms. The molecule has 0 unspecified atom stereocenters. The Morgan fingerprint density at radius 3 is 2.24 bits per heavy atom. The minimum absolute atomic E-state index is 0.897. The van der Waals surface area contributed by atoms with E-state index in [1.807, 2.05) is 6.07 Å². The fourth-order valence-electron chi connectivity index (χ4n) is 3.64. The molecule has 0 atom stereocenters. The number of benzene rings is 3. The minimum atomic E-state index is 0.897. The van der Waals surface area contributed by atoms with Crippen LogP contribution in [0.15, 0.2) is 60.7 Å². The molecule has 2 nitrogen and oxygen atoms in total. The summed E-state index contributed by atoms with van der Waals surface area (Å²) in [5, 5.41) is 0. The number of hydrogen-bond donors (Lipinski definition) is 1. The van der Waals surface area contributed by atoms with Crippen molar-refractivity contribution < 1.29 is 4.74 Å². The van der Waals surface area contributed by atoms with Crippen molar-refractivity contribution in [3.8, 4) is 16.9 Å². The molecule has 25 heavy (non-hydrogen) atoms. The molecule has 7 rings (SSSR count). The van der Waals surface area contributed by atoms with Crippen LogP contribution in [0.2, 0.25) is 0 Å². The Hall–Kier alpha value is -2.74. The van der Waals surface area contributed by atoms with Crippen molar-refractivity contribution in [1.82, 2.24) is 0 Å². The number of nitrogen functional groups attached to an aromatic ring is 1. The van der Waals surface area contributed by atoms with Crippen LogP contribution >= 0.6 is 0 Å². The predicted molar refractivity (Wildman–Crippen MR) is 104 cm³/mol. The summed E-state index contributed by atoms with van der Waals surface area (Å²) in [5.74, 6) is 0.897. The van der Waals surface area contributed by atoms with Crippen molar-refractivity contribution in [3.05, 3.63) is 82.9 Å². The number of aryl methyl sites for hydroxylation is 4. The maximum absolute atomic E-state index is 6.27. The molecule has 0 spiro atoms. The maximum Gasteiger partial charge on any atom is 0.119 e. The number of ether oxygens (including phenoxy) is 1. The number of rotatable bonds is 2. The van der Waals surface area contributed by atoms with E-state index in [4.69, 9.17) is 10.5 Å². The smallest absolute Gasteiger partial charge is 0.119 e. The van der Waals surface area contributed by atoms with Crippen LogP contribution in [0, 0.1) is 0 Å². The van der Waals surface area contributed by atoms with Gasteiger partial charge in [0.2, 0.25) is 0 Å². The van der Waals surface area contributed by atoms with E-state index < -0.39 is 0 Å². The Kier molecular flexibility index (Phi) is 4.19. The third-order valence-electron chi connectivity index (χ3n) is 5.13. The topological polar surface area (TPSA) is 35.2 Å². The zero-order chi connectivity index (χ0) is 17.2. The zero-order valence-electron chi connectivity index (χ0n) is 14.6. The normalized spacial score (nSPS) is 13.3. The van der Waals surface area contributed by atoms with E-state index >= 15 is 0 Å². The van der Waals surface area contributed by atoms with Gasteiger partial charge in [0.15, 0.2) is 0 Å². The van der Waals surface area contributed by atoms with Crippen LogP contribution in [0.5, 0.6) is 5.75 Å². The molecule has 0 amide bonds. The number of nitrogens with two attached hydrogens (primary N) is 1. The van der Waals surface area contributed by atoms with Crippen LogP contribution in [0.4, 0.5) is 5.69 Å². The van der Waals surface area contributed by atoms with Crippen LogP contribution in [0.3, 0.4) is 0 Å². The molecule has 2 heteroatoms. The molecule has 0 saturated carbocycles. The Morgan fingerprint density at radius 1 is 0.760 bits per heavy atom. The van der Waals surface area contributed by atoms with Gasteiger partial charge in [-0.2, -0.15) is 0 Å². The van der Waals surface area contributed by atoms with Crippen molar-refractivity contribution in [3.63, 3.8) is 0 Å². The van der Waals surface area contributed by atoms with E-state index in [0.717, 1.165) is 37.1 Å². The quantitative estimate of drug-likeness (QED) is 0.684. The lowest BCUT2D eigenvalue weighted by Gasteiger charge is -2.16. The monoisotopic (exact) mass is 329 g/mol. The van der Waals surface area contributed by atoms with Crippen molar-refractivity contribution in [1.29, 1.82) is 0 Å². The first-order valence-corrected chi connectivity index (χ1v) is 8.86. The average Bonchev–Trinajstić information content (AvgIpc) is 2.64. The van der Waals surface area contributed by atoms with Gasteiger partial charge in [-0.05, 0) is 77.3 Å². The lowest BCUT2D eigenvalue weighted by atomic mass is 9.90. The van der Waals surface area contributed by atoms with Gasteiger partial charge >= 0.3 is 0 Å². The first-order chi connectivity index (χ1) is 12.2. The van der Waals surface area contributed by atoms with Gasteiger partial charge in [-0.1, -0.05) is 42.5 Å². The summed E-state index contributed by atoms with van der Waals surface area (Å²) in [4.78, 5) is 0. The SMILES string of the molecule is COc1cccc(-c2cc3ccc2CCc2ccc(cc2N)CC3)c1. The Labute approximate surface area is 149 Å². The Bertz CT molecular complexity index is 914. The van der Waals surface area contributed by atoms with Gasteiger partial charge in [-0.15, -0.1) is 0 Å². The van der Waals surface area contributed by atoms with Crippen LogP contribution < -0.4 is 10.5 Å². The van der Waals surface area contributed by atoms with Crippen molar-refractivity contribution in [2.75, 3.05) is 12.8 Å². The first-order valence-electron chi connectivity index (χ1n) is 8.86. The van der Waals surface area contributed by atoms with Crippen LogP contribution in [0.1, 0.15) is 22.3 Å². The Morgan fingerprint density at radius 2 is 1.48 bits per heavy atom. The fraction of sp³-hybridized carbons (Fsp3) is 0.217. The molecule has 3 aromatic rings. The van der Waals surface area contributed by atoms with Gasteiger partial charge in [0.25, 0.3) is 0 Å². The third-order valence-corrected chi connectivity index (χ3v) is 5.13. The summed E-state index contributed by atoms with van der Waals surface area (Å²) in [6.07, 6.45) is 3.98. The highest BCUT2D eigenvalue weighted by Crippen LogP contribution is 2.30. The highest BCUT2D eigenvalue weighted by Gasteiger charge is 2.11. The number of hydrogen-bond acceptors (Lipinski definition) is 2. The van der Waals surface area contributed by atoms with Gasteiger partial charge < -0.3 is 10.5 Å². The molecule has 0 aliphatic heterocycles. The van der Waals surface area contributed by atoms with Crippen molar-refractivity contribution >= 4 is 5.69 Å². The summed E-state index contributed by atoms with van der Waals surface area (Å²) < 4.78 is 5.42. The summed E-state index contributed by atoms with van der Waals surface area (Å²) in [6.45, 7) is 0. The summed E-state index contributed by atoms with van der Waals surface area (Å²) in [7, 11) is 1.72. The fourth-order valence-corrected chi connectivity index (χ4v) is 3.64. The van der Waals surface area contributed by atoms with Gasteiger partial charge in [-0.25, -0.2) is 0 Å². The highest BCUT2D eigenvalue weighted by atomic mass is 16.5. The van der Waals surface area contributed by atoms with Gasteiger partial charge in [-0.3, -0.25) is 0 Å². The molecule has 4 aliphatic rings. The average molecular weight is 329 g/mol. The minimum Gasteiger partial charge on any atom is -0.497 e. The van der Waals surface area contributed by atoms with Gasteiger partial charge in [0.05, 0.1) is 7.11 Å². The largest absolute Gasteiger partial charge is 0.497 e. The summed E-state index contributed by atoms with van der Waals surface area (Å²) in [6, 6.07) is 21.8. The summed E-state index contributed by atoms with van der Waals surface area (Å²) >= 11 is 0. The second kappa shape index (κ2) is 6.64. The number of anilines is 1. The molecule has 0 saturated heterocycles. The van der Waals surface area contributed by atoms with Crippen LogP contribution in [-0.2, 0) is 25.7 Å². The molecule has 2 N–H and O–H groups in total. The summed E-state index contributed by atoms with van der Waals surface area (Å²) in [5.41, 5.74) is 15.0. The predicted octanol–water partition coefficient (Wildman–Crippen LogP) is 4.83. The third kappa shape index (κ3) is 3.25. The van der Waals surface area contributed by atoms with E-state index in [1.54, 1.807) is 7.11 Å². The second-order valence-electron chi connectivity index (χ2n) is 6.76. The lowest BCUT2D eigenvalue weighted by molar-refractivity contribution is 0.415. The van der Waals surface area contributed by atoms with E-state index in [9.17, 15) is 0 Å². The molecular weight excluding hydrogens is 306 g/mol. The number of methoxy groups -OCH3 is 1. The second-order valence-corrected chi connectivity index (χ2v) is 6.76. The maximum atomic E-state index is 6.27. The highest BCUT2D eigenvalue weighted by molar-refractivity contribution is 5.70. The van der Waals surface area contributed by atoms with Crippen molar-refractivity contribution in [2.45, 2.75) is 25.7 Å². The molecule has 126 valence electrons. The van der Waals surface area contributed by atoms with E-state index in [1.165, 1.54) is 33.4 Å². The van der Waals surface area contributed by atoms with Crippen LogP contribution in [0.25, 0.3) is 11.1 Å². The van der Waals surface area contributed by atoms with Crippen LogP contribution in [-0.4, -0.2) is 7.11 Å². The standard InChI is InChI=1S/C23H23NO/c1-25-21-4-2-3-20(15-21)22-13-16-5-6-17-8-10-19(23(24)14-17)12-11-18(22)9-7-16/h2-4,7-10,13-15H,5-6,11-12,24H2,1H3. The molecule has 0 radical (unpaired) electrons. The molecule has 3 aromatic carbocycles. The van der Waals surface area contributed by atoms with E-state index in [-0.39, 0.29) is 0 Å². The molecule has 0 aromatic heterocycles. The van der Waals surface area contributed by atoms with E-state index in [0.29, 0.717) is 0 Å². The lowest BCUT2D eigenvalue weighted by Crippen LogP contribution is -2.03. The molecule has 0 heterocycles. The molecule has 4 aliphatic carbocycles. The Balaban J connectivity index is 1.79. The van der Waals surface area contributed by atoms with E-state index in [2.05, 4.69) is 54.6 Å².